The number of nitrogens with zero attached hydrogens (tertiary/aromatic N) is 1. The van der Waals surface area contributed by atoms with E-state index in [1.165, 1.54) is 38.5 Å². The fourth-order valence-corrected chi connectivity index (χ4v) is 3.33. The molecule has 1 saturated carbocycles. The lowest BCUT2D eigenvalue weighted by atomic mass is 9.83. The number of ether oxygens (including phenoxy) is 2. The van der Waals surface area contributed by atoms with E-state index in [-0.39, 0.29) is 11.7 Å². The van der Waals surface area contributed by atoms with E-state index in [2.05, 4.69) is 4.98 Å². The highest BCUT2D eigenvalue weighted by atomic mass is 35.5. The summed E-state index contributed by atoms with van der Waals surface area (Å²) in [5, 5.41) is 0.491. The zero-order valence-electron chi connectivity index (χ0n) is 11.1. The molecule has 1 atom stereocenters. The quantitative estimate of drug-likeness (QED) is 0.785. The van der Waals surface area contributed by atoms with E-state index < -0.39 is 0 Å². The first-order chi connectivity index (χ1) is 9.26. The van der Waals surface area contributed by atoms with Crippen LogP contribution in [-0.4, -0.2) is 23.3 Å². The van der Waals surface area contributed by atoms with Crippen LogP contribution in [0, 0.1) is 0 Å². The maximum absolute atomic E-state index is 6.26. The van der Waals surface area contributed by atoms with Gasteiger partial charge in [-0.15, -0.1) is 0 Å². The molecule has 3 rings (SSSR count). The van der Waals surface area contributed by atoms with Crippen LogP contribution in [0.5, 0.6) is 5.75 Å². The molecule has 19 heavy (non-hydrogen) atoms. The van der Waals surface area contributed by atoms with E-state index >= 15 is 0 Å². The van der Waals surface area contributed by atoms with E-state index in [0.717, 1.165) is 12.2 Å². The van der Waals surface area contributed by atoms with Crippen LogP contribution < -0.4 is 4.74 Å². The molecule has 2 fully saturated rings. The van der Waals surface area contributed by atoms with Crippen LogP contribution in [0.3, 0.4) is 0 Å². The molecule has 0 aromatic carbocycles. The van der Waals surface area contributed by atoms with Crippen LogP contribution in [0.15, 0.2) is 18.3 Å². The molecule has 1 aromatic rings. The van der Waals surface area contributed by atoms with E-state index in [4.69, 9.17) is 21.1 Å². The first-order valence-electron chi connectivity index (χ1n) is 7.18. The summed E-state index contributed by atoms with van der Waals surface area (Å²) in [6.07, 6.45) is 10.6. The summed E-state index contributed by atoms with van der Waals surface area (Å²) in [6, 6.07) is 3.59. The van der Waals surface area contributed by atoms with E-state index in [1.807, 2.05) is 6.07 Å². The van der Waals surface area contributed by atoms with Crippen LogP contribution in [0.1, 0.15) is 44.9 Å². The summed E-state index contributed by atoms with van der Waals surface area (Å²) >= 11 is 5.74. The second-order valence-corrected chi connectivity index (χ2v) is 6.04. The van der Waals surface area contributed by atoms with Crippen molar-refractivity contribution >= 4 is 11.6 Å². The van der Waals surface area contributed by atoms with Crippen molar-refractivity contribution in [1.82, 2.24) is 4.98 Å². The molecule has 1 aromatic heterocycles. The smallest absolute Gasteiger partial charge is 0.137 e. The minimum atomic E-state index is 0.171. The lowest BCUT2D eigenvalue weighted by Crippen LogP contribution is -2.32. The summed E-state index contributed by atoms with van der Waals surface area (Å²) < 4.78 is 12.0. The first kappa shape index (κ1) is 13.2. The van der Waals surface area contributed by atoms with Gasteiger partial charge in [-0.3, -0.25) is 0 Å². The minimum Gasteiger partial charge on any atom is -0.489 e. The van der Waals surface area contributed by atoms with Gasteiger partial charge in [-0.05, 0) is 37.8 Å². The van der Waals surface area contributed by atoms with Gasteiger partial charge in [-0.1, -0.05) is 30.9 Å². The Morgan fingerprint density at radius 3 is 2.84 bits per heavy atom. The fourth-order valence-electron chi connectivity index (χ4n) is 3.21. The van der Waals surface area contributed by atoms with Crippen molar-refractivity contribution in [2.45, 2.75) is 56.7 Å². The van der Waals surface area contributed by atoms with Crippen LogP contribution in [-0.2, 0) is 4.74 Å². The highest BCUT2D eigenvalue weighted by molar-refractivity contribution is 6.29. The maximum atomic E-state index is 6.26. The van der Waals surface area contributed by atoms with Crippen molar-refractivity contribution in [3.05, 3.63) is 23.5 Å². The Bertz CT molecular complexity index is 415. The second-order valence-electron chi connectivity index (χ2n) is 5.65. The molecule has 0 bridgehead atoms. The lowest BCUT2D eigenvalue weighted by molar-refractivity contribution is -0.0748. The number of aromatic nitrogens is 1. The van der Waals surface area contributed by atoms with Gasteiger partial charge in [0.2, 0.25) is 0 Å². The van der Waals surface area contributed by atoms with Crippen molar-refractivity contribution in [2.24, 2.45) is 0 Å². The van der Waals surface area contributed by atoms with Gasteiger partial charge >= 0.3 is 0 Å². The Hall–Kier alpha value is -0.800. The van der Waals surface area contributed by atoms with Gasteiger partial charge in [0, 0.05) is 0 Å². The molecule has 3 nitrogen and oxygen atoms in total. The number of hydrogen-bond acceptors (Lipinski definition) is 3. The van der Waals surface area contributed by atoms with Crippen molar-refractivity contribution in [3.8, 4) is 5.75 Å². The minimum absolute atomic E-state index is 0.171. The number of rotatable bonds is 3. The third-order valence-electron chi connectivity index (χ3n) is 4.24. The predicted octanol–water partition coefficient (Wildman–Crippen LogP) is 4.00. The third kappa shape index (κ3) is 3.21. The SMILES string of the molecule is Clc1ccc(OCC2CCC3(CCCCC3)O2)cn1. The molecule has 2 heterocycles. The van der Waals surface area contributed by atoms with Gasteiger partial charge in [-0.2, -0.15) is 0 Å². The lowest BCUT2D eigenvalue weighted by Gasteiger charge is -2.33. The molecule has 1 spiro atoms. The molecule has 4 heteroatoms. The summed E-state index contributed by atoms with van der Waals surface area (Å²) in [4.78, 5) is 4.01. The van der Waals surface area contributed by atoms with Crippen LogP contribution in [0.4, 0.5) is 0 Å². The largest absolute Gasteiger partial charge is 0.489 e. The number of halogens is 1. The topological polar surface area (TPSA) is 31.4 Å². The number of hydrogen-bond donors (Lipinski definition) is 0. The Kier molecular flexibility index (Phi) is 3.94. The Morgan fingerprint density at radius 1 is 1.26 bits per heavy atom. The molecule has 1 aliphatic heterocycles. The van der Waals surface area contributed by atoms with Crippen molar-refractivity contribution < 1.29 is 9.47 Å². The van der Waals surface area contributed by atoms with Gasteiger partial charge in [0.05, 0.1) is 17.9 Å². The summed E-state index contributed by atoms with van der Waals surface area (Å²) in [7, 11) is 0. The first-order valence-corrected chi connectivity index (χ1v) is 7.56. The Balaban J connectivity index is 1.50. The average molecular weight is 282 g/mol. The second kappa shape index (κ2) is 5.68. The summed E-state index contributed by atoms with van der Waals surface area (Å²) in [6.45, 7) is 0.616. The normalized spacial score (nSPS) is 25.6. The van der Waals surface area contributed by atoms with Crippen LogP contribution in [0.25, 0.3) is 0 Å². The molecule has 0 amide bonds. The molecule has 0 N–H and O–H groups in total. The maximum Gasteiger partial charge on any atom is 0.137 e. The standard InChI is InChI=1S/C15H20ClNO2/c16-14-5-4-12(10-17-14)18-11-13-6-9-15(19-13)7-2-1-3-8-15/h4-5,10,13H,1-3,6-9,11H2. The Labute approximate surface area is 119 Å². The Morgan fingerprint density at radius 2 is 2.11 bits per heavy atom. The molecule has 104 valence electrons. The third-order valence-corrected chi connectivity index (χ3v) is 4.46. The van der Waals surface area contributed by atoms with E-state index in [1.54, 1.807) is 12.3 Å². The predicted molar refractivity (Wildman–Crippen MR) is 74.7 cm³/mol. The summed E-state index contributed by atoms with van der Waals surface area (Å²) in [5.41, 5.74) is 0.171. The monoisotopic (exact) mass is 281 g/mol. The van der Waals surface area contributed by atoms with E-state index in [9.17, 15) is 0 Å². The van der Waals surface area contributed by atoms with E-state index in [0.29, 0.717) is 11.8 Å². The molecular weight excluding hydrogens is 262 g/mol. The van der Waals surface area contributed by atoms with Gasteiger partial charge < -0.3 is 9.47 Å². The van der Waals surface area contributed by atoms with Crippen molar-refractivity contribution in [2.75, 3.05) is 6.61 Å². The molecule has 1 unspecified atom stereocenters. The molecule has 0 radical (unpaired) electrons. The fraction of sp³-hybridized carbons (Fsp3) is 0.667. The molecule has 1 saturated heterocycles. The summed E-state index contributed by atoms with van der Waals surface area (Å²) in [5.74, 6) is 0.762. The van der Waals surface area contributed by atoms with Crippen LogP contribution in [0.2, 0.25) is 5.15 Å². The van der Waals surface area contributed by atoms with Gasteiger partial charge in [0.1, 0.15) is 17.5 Å². The van der Waals surface area contributed by atoms with Gasteiger partial charge in [0.25, 0.3) is 0 Å². The van der Waals surface area contributed by atoms with Crippen LogP contribution >= 0.6 is 11.6 Å². The highest BCUT2D eigenvalue weighted by Gasteiger charge is 2.40. The van der Waals surface area contributed by atoms with Crippen molar-refractivity contribution in [3.63, 3.8) is 0 Å². The van der Waals surface area contributed by atoms with Gasteiger partial charge in [0.15, 0.2) is 0 Å². The molecule has 1 aliphatic carbocycles. The molecule has 2 aliphatic rings. The number of pyridine rings is 1. The highest BCUT2D eigenvalue weighted by Crippen LogP contribution is 2.41. The average Bonchev–Trinajstić information content (AvgIpc) is 2.82. The van der Waals surface area contributed by atoms with Crippen molar-refractivity contribution in [1.29, 1.82) is 0 Å². The zero-order chi connectivity index (χ0) is 13.1. The molecular formula is C15H20ClNO2. The zero-order valence-corrected chi connectivity index (χ0v) is 11.9. The van der Waals surface area contributed by atoms with Gasteiger partial charge in [-0.25, -0.2) is 4.98 Å².